The number of aromatic hydroxyl groups is 1. The number of nitrogens with zero attached hydrogens (tertiary/aromatic N) is 3. The van der Waals surface area contributed by atoms with Gasteiger partial charge in [-0.25, -0.2) is 4.98 Å². The van der Waals surface area contributed by atoms with Crippen molar-refractivity contribution in [2.75, 3.05) is 13.2 Å². The van der Waals surface area contributed by atoms with Gasteiger partial charge < -0.3 is 14.7 Å². The van der Waals surface area contributed by atoms with E-state index >= 15 is 0 Å². The van der Waals surface area contributed by atoms with Gasteiger partial charge in [0.25, 0.3) is 0 Å². The Hall–Kier alpha value is -2.90. The maximum atomic E-state index is 11.0. The van der Waals surface area contributed by atoms with Gasteiger partial charge in [-0.2, -0.15) is 4.52 Å². The standard InChI is InChI=1S/C23H24N4O2S/c1-3-29-19-10-8-17(9-11-19)20(21-22(28)27-23(30-21)24-15(2)25-27)26-13-12-16-6-4-5-7-18(16)14-26/h4-11,20,28H,3,12-14H2,1-2H3/p+1/t20-/m1/s1. The summed E-state index contributed by atoms with van der Waals surface area (Å²) in [5.74, 6) is 1.72. The van der Waals surface area contributed by atoms with Crippen LogP contribution in [0.25, 0.3) is 4.96 Å². The summed E-state index contributed by atoms with van der Waals surface area (Å²) in [6.07, 6.45) is 1.03. The lowest BCUT2D eigenvalue weighted by Crippen LogP contribution is -3.12. The zero-order valence-electron chi connectivity index (χ0n) is 17.1. The zero-order chi connectivity index (χ0) is 20.7. The largest absolute Gasteiger partial charge is 0.494 e. The van der Waals surface area contributed by atoms with E-state index in [9.17, 15) is 5.11 Å². The molecule has 30 heavy (non-hydrogen) atoms. The molecule has 1 aliphatic rings. The van der Waals surface area contributed by atoms with E-state index in [1.807, 2.05) is 26.0 Å². The topological polar surface area (TPSA) is 64.1 Å². The van der Waals surface area contributed by atoms with Gasteiger partial charge in [0.2, 0.25) is 10.8 Å². The minimum atomic E-state index is 0.00263. The van der Waals surface area contributed by atoms with Crippen LogP contribution < -0.4 is 9.64 Å². The van der Waals surface area contributed by atoms with Crippen molar-refractivity contribution in [2.24, 2.45) is 0 Å². The lowest BCUT2D eigenvalue weighted by Gasteiger charge is -2.32. The van der Waals surface area contributed by atoms with Crippen molar-refractivity contribution in [1.82, 2.24) is 14.6 Å². The van der Waals surface area contributed by atoms with Crippen LogP contribution in [0.1, 0.15) is 40.4 Å². The summed E-state index contributed by atoms with van der Waals surface area (Å²) in [5, 5.41) is 15.4. The molecule has 4 aromatic rings. The third-order valence-corrected chi connectivity index (χ3v) is 6.84. The number of quaternary nitrogens is 1. The molecule has 0 aliphatic carbocycles. The molecule has 0 saturated heterocycles. The lowest BCUT2D eigenvalue weighted by atomic mass is 9.95. The fraction of sp³-hybridized carbons (Fsp3) is 0.304. The number of hydrogen-bond acceptors (Lipinski definition) is 5. The van der Waals surface area contributed by atoms with Crippen LogP contribution >= 0.6 is 11.3 Å². The summed E-state index contributed by atoms with van der Waals surface area (Å²) in [4.78, 5) is 7.52. The first kappa shape index (κ1) is 19.1. The fourth-order valence-electron chi connectivity index (χ4n) is 4.38. The third kappa shape index (κ3) is 3.34. The number of hydrogen-bond donors (Lipinski definition) is 2. The highest BCUT2D eigenvalue weighted by atomic mass is 32.1. The molecule has 1 aliphatic heterocycles. The van der Waals surface area contributed by atoms with Gasteiger partial charge in [0.15, 0.2) is 6.04 Å². The average Bonchev–Trinajstić information content (AvgIpc) is 3.27. The van der Waals surface area contributed by atoms with Gasteiger partial charge >= 0.3 is 0 Å². The van der Waals surface area contributed by atoms with E-state index in [-0.39, 0.29) is 11.9 Å². The van der Waals surface area contributed by atoms with Crippen LogP contribution in [0.3, 0.4) is 0 Å². The number of fused-ring (bicyclic) bond motifs is 2. The smallest absolute Gasteiger partial charge is 0.235 e. The molecule has 5 rings (SSSR count). The quantitative estimate of drug-likeness (QED) is 0.520. The van der Waals surface area contributed by atoms with Crippen molar-refractivity contribution >= 4 is 16.3 Å². The monoisotopic (exact) mass is 421 g/mol. The van der Waals surface area contributed by atoms with Crippen LogP contribution in [0.5, 0.6) is 11.6 Å². The molecule has 0 fully saturated rings. The highest BCUT2D eigenvalue weighted by Crippen LogP contribution is 2.36. The second-order valence-corrected chi connectivity index (χ2v) is 8.69. The van der Waals surface area contributed by atoms with Crippen molar-refractivity contribution in [3.63, 3.8) is 0 Å². The zero-order valence-corrected chi connectivity index (χ0v) is 17.9. The number of rotatable bonds is 5. The molecule has 2 N–H and O–H groups in total. The van der Waals surface area contributed by atoms with Crippen molar-refractivity contribution in [1.29, 1.82) is 0 Å². The second kappa shape index (κ2) is 7.74. The Morgan fingerprint density at radius 1 is 1.17 bits per heavy atom. The molecule has 0 amide bonds. The molecule has 7 heteroatoms. The summed E-state index contributed by atoms with van der Waals surface area (Å²) < 4.78 is 7.20. The van der Waals surface area contributed by atoms with Crippen LogP contribution in [0.4, 0.5) is 0 Å². The normalized spacial score (nSPS) is 17.1. The molecular formula is C23H25N4O2S+. The second-order valence-electron chi connectivity index (χ2n) is 7.68. The number of ether oxygens (including phenoxy) is 1. The number of aromatic nitrogens is 3. The maximum absolute atomic E-state index is 11.0. The number of benzene rings is 2. The highest BCUT2D eigenvalue weighted by Gasteiger charge is 2.34. The molecule has 154 valence electrons. The van der Waals surface area contributed by atoms with Crippen molar-refractivity contribution in [2.45, 2.75) is 32.9 Å². The van der Waals surface area contributed by atoms with E-state index < -0.39 is 0 Å². The molecule has 0 bridgehead atoms. The van der Waals surface area contributed by atoms with Crippen LogP contribution in [-0.2, 0) is 13.0 Å². The van der Waals surface area contributed by atoms with Crippen molar-refractivity contribution in [3.8, 4) is 11.6 Å². The predicted molar refractivity (Wildman–Crippen MR) is 116 cm³/mol. The van der Waals surface area contributed by atoms with Gasteiger partial charge in [0.1, 0.15) is 23.0 Å². The predicted octanol–water partition coefficient (Wildman–Crippen LogP) is 2.93. The highest BCUT2D eigenvalue weighted by molar-refractivity contribution is 7.17. The molecule has 2 aromatic heterocycles. The summed E-state index contributed by atoms with van der Waals surface area (Å²) in [6, 6.07) is 16.9. The summed E-state index contributed by atoms with van der Waals surface area (Å²) in [5.41, 5.74) is 3.96. The van der Waals surface area contributed by atoms with Gasteiger partial charge in [0.05, 0.1) is 13.2 Å². The molecule has 1 unspecified atom stereocenters. The Balaban J connectivity index is 1.58. The summed E-state index contributed by atoms with van der Waals surface area (Å²) in [6.45, 7) is 6.39. The van der Waals surface area contributed by atoms with Crippen molar-refractivity contribution in [3.05, 3.63) is 75.9 Å². The number of aryl methyl sites for hydroxylation is 1. The van der Waals surface area contributed by atoms with E-state index in [0.29, 0.717) is 12.4 Å². The first-order valence-corrected chi connectivity index (χ1v) is 11.1. The van der Waals surface area contributed by atoms with E-state index in [0.717, 1.165) is 40.7 Å². The van der Waals surface area contributed by atoms with Crippen molar-refractivity contribution < 1.29 is 14.7 Å². The van der Waals surface area contributed by atoms with Gasteiger partial charge in [0, 0.05) is 17.5 Å². The Morgan fingerprint density at radius 3 is 2.67 bits per heavy atom. The molecule has 0 saturated carbocycles. The Labute approximate surface area is 179 Å². The Morgan fingerprint density at radius 2 is 1.93 bits per heavy atom. The molecule has 2 atom stereocenters. The molecular weight excluding hydrogens is 396 g/mol. The molecule has 0 radical (unpaired) electrons. The Kier molecular flexibility index (Phi) is 4.92. The Bertz CT molecular complexity index is 1180. The van der Waals surface area contributed by atoms with Crippen LogP contribution in [0.15, 0.2) is 48.5 Å². The third-order valence-electron chi connectivity index (χ3n) is 5.75. The minimum absolute atomic E-state index is 0.00263. The summed E-state index contributed by atoms with van der Waals surface area (Å²) in [7, 11) is 0. The first-order valence-electron chi connectivity index (χ1n) is 10.3. The molecule has 0 spiro atoms. The van der Waals surface area contributed by atoms with Gasteiger partial charge in [-0.05, 0) is 43.7 Å². The summed E-state index contributed by atoms with van der Waals surface area (Å²) >= 11 is 1.52. The number of thiazole rings is 1. The number of nitrogens with one attached hydrogen (secondary N) is 1. The van der Waals surface area contributed by atoms with E-state index in [1.54, 1.807) is 4.52 Å². The maximum Gasteiger partial charge on any atom is 0.235 e. The van der Waals surface area contributed by atoms with Crippen LogP contribution in [0, 0.1) is 6.92 Å². The lowest BCUT2D eigenvalue weighted by molar-refractivity contribution is -0.940. The van der Waals surface area contributed by atoms with E-state index in [4.69, 9.17) is 4.74 Å². The fourth-order valence-corrected chi connectivity index (χ4v) is 5.57. The van der Waals surface area contributed by atoms with Gasteiger partial charge in [-0.15, -0.1) is 5.10 Å². The molecule has 6 nitrogen and oxygen atoms in total. The molecule has 3 heterocycles. The van der Waals surface area contributed by atoms with Gasteiger partial charge in [-0.3, -0.25) is 0 Å². The molecule has 2 aromatic carbocycles. The van der Waals surface area contributed by atoms with E-state index in [2.05, 4.69) is 46.5 Å². The van der Waals surface area contributed by atoms with Crippen LogP contribution in [0.2, 0.25) is 0 Å². The van der Waals surface area contributed by atoms with Crippen LogP contribution in [-0.4, -0.2) is 32.9 Å². The van der Waals surface area contributed by atoms with Gasteiger partial charge in [-0.1, -0.05) is 35.6 Å². The average molecular weight is 422 g/mol. The van der Waals surface area contributed by atoms with E-state index in [1.165, 1.54) is 27.4 Å². The first-order chi connectivity index (χ1) is 14.6. The SMILES string of the molecule is CCOc1ccc([C@H](c2sc3nc(C)nn3c2O)[NH+]2CCc3ccccc3C2)cc1. The minimum Gasteiger partial charge on any atom is -0.494 e.